The lowest BCUT2D eigenvalue weighted by atomic mass is 9.88. The quantitative estimate of drug-likeness (QED) is 0.675. The molecule has 1 aliphatic heterocycles. The van der Waals surface area contributed by atoms with Gasteiger partial charge in [0.05, 0.1) is 4.92 Å². The van der Waals surface area contributed by atoms with Crippen LogP contribution in [0.25, 0.3) is 0 Å². The van der Waals surface area contributed by atoms with Crippen molar-refractivity contribution >= 4 is 23.1 Å². The lowest BCUT2D eigenvalue weighted by Crippen LogP contribution is -2.35. The second-order valence-corrected chi connectivity index (χ2v) is 7.01. The Hall–Kier alpha value is -1.23. The zero-order chi connectivity index (χ0) is 14.0. The van der Waals surface area contributed by atoms with Gasteiger partial charge in [-0.25, -0.2) is 0 Å². The zero-order valence-corrected chi connectivity index (χ0v) is 12.4. The number of nitrogens with one attached hydrogen (secondary N) is 1. The topological polar surface area (TPSA) is 55.2 Å². The van der Waals surface area contributed by atoms with E-state index < -0.39 is 0 Å². The molecule has 1 fully saturated rings. The van der Waals surface area contributed by atoms with E-state index in [1.54, 1.807) is 19.1 Å². The Labute approximate surface area is 118 Å². The Morgan fingerprint density at radius 3 is 2.79 bits per heavy atom. The van der Waals surface area contributed by atoms with Crippen LogP contribution >= 0.6 is 11.8 Å². The molecule has 2 rings (SSSR count). The van der Waals surface area contributed by atoms with E-state index in [1.807, 2.05) is 17.8 Å². The molecule has 1 aliphatic rings. The Morgan fingerprint density at radius 1 is 1.47 bits per heavy atom. The first-order chi connectivity index (χ1) is 8.87. The zero-order valence-electron chi connectivity index (χ0n) is 11.6. The number of aryl methyl sites for hydroxylation is 1. The number of nitro groups is 1. The molecule has 1 saturated heterocycles. The maximum Gasteiger partial charge on any atom is 0.272 e. The summed E-state index contributed by atoms with van der Waals surface area (Å²) in [6.07, 6.45) is 1.13. The third-order valence-electron chi connectivity index (χ3n) is 3.38. The van der Waals surface area contributed by atoms with Crippen molar-refractivity contribution in [3.63, 3.8) is 0 Å². The summed E-state index contributed by atoms with van der Waals surface area (Å²) in [5.41, 5.74) is 2.23. The number of nitrogens with zero attached hydrogens (tertiary/aromatic N) is 1. The Kier molecular flexibility index (Phi) is 4.04. The molecule has 1 atom stereocenters. The first kappa shape index (κ1) is 14.2. The summed E-state index contributed by atoms with van der Waals surface area (Å²) in [5.74, 6) is 2.30. The molecule has 1 aromatic carbocycles. The number of rotatable bonds is 3. The highest BCUT2D eigenvalue weighted by Gasteiger charge is 2.28. The highest BCUT2D eigenvalue weighted by atomic mass is 32.2. The van der Waals surface area contributed by atoms with Gasteiger partial charge in [0.15, 0.2) is 0 Å². The van der Waals surface area contributed by atoms with Crippen molar-refractivity contribution in [3.8, 4) is 0 Å². The molecule has 0 amide bonds. The molecule has 0 saturated carbocycles. The number of thioether (sulfide) groups is 1. The molecule has 4 nitrogen and oxygen atoms in total. The minimum Gasteiger partial charge on any atom is -0.381 e. The SMILES string of the molecule is Cc1cc(NC2CSCC(C)(C)C2)ccc1[N+](=O)[O-]. The lowest BCUT2D eigenvalue weighted by Gasteiger charge is -2.35. The van der Waals surface area contributed by atoms with Gasteiger partial charge in [0.1, 0.15) is 0 Å². The second kappa shape index (κ2) is 5.41. The largest absolute Gasteiger partial charge is 0.381 e. The Morgan fingerprint density at radius 2 is 2.21 bits per heavy atom. The third-order valence-corrected chi connectivity index (χ3v) is 5.00. The molecule has 1 N–H and O–H groups in total. The van der Waals surface area contributed by atoms with Crippen LogP contribution in [0.15, 0.2) is 18.2 Å². The molecule has 0 spiro atoms. The maximum absolute atomic E-state index is 10.8. The van der Waals surface area contributed by atoms with Crippen molar-refractivity contribution in [2.75, 3.05) is 16.8 Å². The monoisotopic (exact) mass is 280 g/mol. The van der Waals surface area contributed by atoms with Gasteiger partial charge in [0.25, 0.3) is 5.69 Å². The van der Waals surface area contributed by atoms with Crippen molar-refractivity contribution < 1.29 is 4.92 Å². The van der Waals surface area contributed by atoms with E-state index in [0.29, 0.717) is 17.0 Å². The van der Waals surface area contributed by atoms with Crippen LogP contribution in [0.1, 0.15) is 25.8 Å². The van der Waals surface area contributed by atoms with Crippen LogP contribution in [-0.2, 0) is 0 Å². The average Bonchev–Trinajstić information content (AvgIpc) is 2.27. The predicted molar refractivity (Wildman–Crippen MR) is 81.0 cm³/mol. The molecule has 1 aromatic rings. The highest BCUT2D eigenvalue weighted by molar-refractivity contribution is 7.99. The summed E-state index contributed by atoms with van der Waals surface area (Å²) in [6, 6.07) is 5.69. The van der Waals surface area contributed by atoms with E-state index in [9.17, 15) is 10.1 Å². The summed E-state index contributed by atoms with van der Waals surface area (Å²) >= 11 is 1.97. The summed E-state index contributed by atoms with van der Waals surface area (Å²) in [7, 11) is 0. The first-order valence-corrected chi connectivity index (χ1v) is 7.62. The van der Waals surface area contributed by atoms with Crippen LogP contribution in [0, 0.1) is 22.5 Å². The normalized spacial score (nSPS) is 21.9. The van der Waals surface area contributed by atoms with Crippen molar-refractivity contribution in [1.29, 1.82) is 0 Å². The summed E-state index contributed by atoms with van der Waals surface area (Å²) < 4.78 is 0. The van der Waals surface area contributed by atoms with Gasteiger partial charge in [-0.15, -0.1) is 0 Å². The molecule has 1 heterocycles. The highest BCUT2D eigenvalue weighted by Crippen LogP contribution is 2.35. The van der Waals surface area contributed by atoms with Crippen LogP contribution in [0.3, 0.4) is 0 Å². The van der Waals surface area contributed by atoms with Crippen LogP contribution in [0.2, 0.25) is 0 Å². The van der Waals surface area contributed by atoms with Gasteiger partial charge in [-0.2, -0.15) is 11.8 Å². The molecule has 5 heteroatoms. The fourth-order valence-electron chi connectivity index (χ4n) is 2.54. The van der Waals surface area contributed by atoms with Crippen molar-refractivity contribution in [3.05, 3.63) is 33.9 Å². The molecule has 1 unspecified atom stereocenters. The van der Waals surface area contributed by atoms with Crippen LogP contribution < -0.4 is 5.32 Å². The molecule has 0 radical (unpaired) electrons. The number of anilines is 1. The predicted octanol–water partition coefficient (Wildman–Crippen LogP) is 3.85. The van der Waals surface area contributed by atoms with E-state index in [0.717, 1.165) is 17.9 Å². The fourth-order valence-corrected chi connectivity index (χ4v) is 3.81. The molecule has 0 bridgehead atoms. The van der Waals surface area contributed by atoms with E-state index in [4.69, 9.17) is 0 Å². The van der Waals surface area contributed by atoms with E-state index in [-0.39, 0.29) is 10.6 Å². The van der Waals surface area contributed by atoms with Crippen molar-refractivity contribution in [2.45, 2.75) is 33.2 Å². The van der Waals surface area contributed by atoms with Crippen LogP contribution in [0.5, 0.6) is 0 Å². The third kappa shape index (κ3) is 3.62. The minimum atomic E-state index is -0.335. The molecular weight excluding hydrogens is 260 g/mol. The average molecular weight is 280 g/mol. The number of nitro benzene ring substituents is 1. The van der Waals surface area contributed by atoms with Gasteiger partial charge in [-0.3, -0.25) is 10.1 Å². The summed E-state index contributed by atoms with van der Waals surface area (Å²) in [5, 5.41) is 14.3. The summed E-state index contributed by atoms with van der Waals surface area (Å²) in [6.45, 7) is 6.35. The number of hydrogen-bond donors (Lipinski definition) is 1. The van der Waals surface area contributed by atoms with Crippen molar-refractivity contribution in [1.82, 2.24) is 0 Å². The molecule has 19 heavy (non-hydrogen) atoms. The van der Waals surface area contributed by atoms with Crippen molar-refractivity contribution in [2.24, 2.45) is 5.41 Å². The van der Waals surface area contributed by atoms with Gasteiger partial charge < -0.3 is 5.32 Å². The maximum atomic E-state index is 10.8. The number of benzene rings is 1. The van der Waals surface area contributed by atoms with Gasteiger partial charge in [-0.1, -0.05) is 13.8 Å². The smallest absolute Gasteiger partial charge is 0.272 e. The molecule has 0 aromatic heterocycles. The minimum absolute atomic E-state index is 0.184. The van der Waals surface area contributed by atoms with Gasteiger partial charge in [0, 0.05) is 29.1 Å². The van der Waals surface area contributed by atoms with Crippen LogP contribution in [-0.4, -0.2) is 22.5 Å². The van der Waals surface area contributed by atoms with Gasteiger partial charge >= 0.3 is 0 Å². The summed E-state index contributed by atoms with van der Waals surface area (Å²) in [4.78, 5) is 10.5. The van der Waals surface area contributed by atoms with E-state index >= 15 is 0 Å². The van der Waals surface area contributed by atoms with Crippen LogP contribution in [0.4, 0.5) is 11.4 Å². The molecule has 0 aliphatic carbocycles. The second-order valence-electron chi connectivity index (χ2n) is 5.98. The Bertz CT molecular complexity index is 488. The van der Waals surface area contributed by atoms with Gasteiger partial charge in [-0.05, 0) is 36.6 Å². The molecule has 104 valence electrons. The van der Waals surface area contributed by atoms with E-state index in [2.05, 4.69) is 19.2 Å². The molecular formula is C14H20N2O2S. The first-order valence-electron chi connectivity index (χ1n) is 6.47. The van der Waals surface area contributed by atoms with Gasteiger partial charge in [0.2, 0.25) is 0 Å². The Balaban J connectivity index is 2.07. The lowest BCUT2D eigenvalue weighted by molar-refractivity contribution is -0.385. The fraction of sp³-hybridized carbons (Fsp3) is 0.571. The number of hydrogen-bond acceptors (Lipinski definition) is 4. The standard InChI is InChI=1S/C14H20N2O2S/c1-10-6-11(4-5-13(10)16(17)18)15-12-7-14(2,3)9-19-8-12/h4-6,12,15H,7-9H2,1-3H3. The van der Waals surface area contributed by atoms with E-state index in [1.165, 1.54) is 5.75 Å².